The van der Waals surface area contributed by atoms with E-state index in [9.17, 15) is 39.9 Å². The highest BCUT2D eigenvalue weighted by molar-refractivity contribution is 5.88. The van der Waals surface area contributed by atoms with Crippen molar-refractivity contribution in [3.63, 3.8) is 0 Å². The fourth-order valence-corrected chi connectivity index (χ4v) is 3.59. The van der Waals surface area contributed by atoms with Gasteiger partial charge in [-0.3, -0.25) is 9.59 Å². The first-order chi connectivity index (χ1) is 17.4. The topological polar surface area (TPSA) is 278 Å². The van der Waals surface area contributed by atoms with Gasteiger partial charge in [-0.2, -0.15) is 0 Å². The lowest BCUT2D eigenvalue weighted by Crippen LogP contribution is -2.59. The highest BCUT2D eigenvalue weighted by atomic mass is 16.7. The van der Waals surface area contributed by atoms with E-state index in [2.05, 4.69) is 15.4 Å². The molecule has 18 heteroatoms. The lowest BCUT2D eigenvalue weighted by Gasteiger charge is -2.39. The molecule has 0 radical (unpaired) electrons. The molecular formula is C19H29N5O13. The quantitative estimate of drug-likeness (QED) is 0.129. The van der Waals surface area contributed by atoms with Crippen LogP contribution in [0.25, 0.3) is 0 Å². The molecule has 10 atom stereocenters. The second-order valence-electron chi connectivity index (χ2n) is 8.39. The Kier molecular flexibility index (Phi) is 9.45. The highest BCUT2D eigenvalue weighted by Gasteiger charge is 2.46. The van der Waals surface area contributed by atoms with Gasteiger partial charge in [0.05, 0.1) is 6.61 Å². The number of nitrogens with zero attached hydrogens (tertiary/aromatic N) is 3. The van der Waals surface area contributed by atoms with Gasteiger partial charge in [0, 0.05) is 0 Å². The lowest BCUT2D eigenvalue weighted by atomic mass is 9.99. The molecule has 2 aliphatic heterocycles. The fourth-order valence-electron chi connectivity index (χ4n) is 3.59. The van der Waals surface area contributed by atoms with E-state index in [0.717, 1.165) is 11.0 Å². The second kappa shape index (κ2) is 12.2. The summed E-state index contributed by atoms with van der Waals surface area (Å²) in [6, 6.07) is -1.20. The number of rotatable bonds is 10. The predicted octanol–water partition coefficient (Wildman–Crippen LogP) is -6.14. The van der Waals surface area contributed by atoms with Gasteiger partial charge in [-0.05, 0) is 6.92 Å². The maximum atomic E-state index is 12.3. The van der Waals surface area contributed by atoms with Gasteiger partial charge >= 0.3 is 5.97 Å². The molecule has 0 bridgehead atoms. The van der Waals surface area contributed by atoms with E-state index in [1.807, 2.05) is 0 Å². The standard InChI is InChI=1S/C19H29N5O13/c1-6(22-9(26)4-35-19-14(31)12(29)10(27)7(2-25)37-19)18(33)34-3-8-11(28)13(30)17(36-8)24-5-21-16(23-24)15(20)32/h5-8,10-14,17,19,25,27-31H,2-4H2,1H3,(H2,20,32)(H,22,26)/t6-,7?,8+,10?,11+,12?,13+,14?,17+,19?/m0/s1. The van der Waals surface area contributed by atoms with Crippen molar-refractivity contribution < 1.29 is 64.0 Å². The van der Waals surface area contributed by atoms with Crippen molar-refractivity contribution in [1.82, 2.24) is 20.1 Å². The van der Waals surface area contributed by atoms with Crippen LogP contribution in [0.15, 0.2) is 6.33 Å². The minimum absolute atomic E-state index is 0.333. The van der Waals surface area contributed by atoms with E-state index in [1.165, 1.54) is 6.92 Å². The van der Waals surface area contributed by atoms with E-state index in [0.29, 0.717) is 0 Å². The molecule has 18 nitrogen and oxygen atoms in total. The number of esters is 1. The van der Waals surface area contributed by atoms with Gasteiger partial charge in [-0.1, -0.05) is 0 Å². The van der Waals surface area contributed by atoms with E-state index in [-0.39, 0.29) is 5.82 Å². The van der Waals surface area contributed by atoms with Crippen LogP contribution < -0.4 is 11.1 Å². The zero-order valence-corrected chi connectivity index (χ0v) is 19.4. The number of aliphatic hydroxyl groups excluding tert-OH is 6. The monoisotopic (exact) mass is 535 g/mol. The maximum Gasteiger partial charge on any atom is 0.328 e. The molecule has 0 aliphatic carbocycles. The summed E-state index contributed by atoms with van der Waals surface area (Å²) in [6.07, 6.45) is -12.1. The van der Waals surface area contributed by atoms with E-state index >= 15 is 0 Å². The predicted molar refractivity (Wildman–Crippen MR) is 113 cm³/mol. The molecule has 2 saturated heterocycles. The number of hydrogen-bond acceptors (Lipinski definition) is 15. The Morgan fingerprint density at radius 3 is 2.38 bits per heavy atom. The third-order valence-corrected chi connectivity index (χ3v) is 5.67. The van der Waals surface area contributed by atoms with Crippen molar-refractivity contribution in [3.8, 4) is 0 Å². The summed E-state index contributed by atoms with van der Waals surface area (Å²) >= 11 is 0. The third kappa shape index (κ3) is 6.55. The summed E-state index contributed by atoms with van der Waals surface area (Å²) in [5.41, 5.74) is 5.07. The highest BCUT2D eigenvalue weighted by Crippen LogP contribution is 2.29. The molecule has 2 fully saturated rings. The zero-order chi connectivity index (χ0) is 27.4. The van der Waals surface area contributed by atoms with E-state index < -0.39 is 98.9 Å². The molecular weight excluding hydrogens is 506 g/mol. The summed E-state index contributed by atoms with van der Waals surface area (Å²) in [7, 11) is 0. The molecule has 1 aromatic rings. The minimum atomic E-state index is -1.70. The molecule has 3 heterocycles. The molecule has 9 N–H and O–H groups in total. The van der Waals surface area contributed by atoms with Crippen molar-refractivity contribution in [1.29, 1.82) is 0 Å². The van der Waals surface area contributed by atoms with Crippen molar-refractivity contribution in [2.24, 2.45) is 5.73 Å². The van der Waals surface area contributed by atoms with Crippen LogP contribution >= 0.6 is 0 Å². The number of carbonyl (C=O) groups is 3. The number of amides is 2. The van der Waals surface area contributed by atoms with Crippen LogP contribution in [0.3, 0.4) is 0 Å². The Hall–Kier alpha value is -2.81. The van der Waals surface area contributed by atoms with Gasteiger partial charge in [0.15, 0.2) is 12.5 Å². The van der Waals surface area contributed by atoms with Gasteiger partial charge in [-0.15, -0.1) is 5.10 Å². The molecule has 0 spiro atoms. The molecule has 2 amide bonds. The summed E-state index contributed by atoms with van der Waals surface area (Å²) in [6.45, 7) is -0.612. The molecule has 0 saturated carbocycles. The molecule has 0 aromatic carbocycles. The van der Waals surface area contributed by atoms with Crippen LogP contribution in [0.2, 0.25) is 0 Å². The van der Waals surface area contributed by atoms with Crippen molar-refractivity contribution in [2.45, 2.75) is 68.2 Å². The number of hydrogen-bond donors (Lipinski definition) is 8. The first kappa shape index (κ1) is 28.8. The molecule has 3 rings (SSSR count). The number of carbonyl (C=O) groups excluding carboxylic acids is 3. The molecule has 37 heavy (non-hydrogen) atoms. The van der Waals surface area contributed by atoms with Gasteiger partial charge < -0.3 is 60.6 Å². The average molecular weight is 535 g/mol. The van der Waals surface area contributed by atoms with E-state index in [4.69, 9.17) is 29.8 Å². The number of nitrogens with one attached hydrogen (secondary N) is 1. The van der Waals surface area contributed by atoms with Crippen LogP contribution in [0, 0.1) is 0 Å². The molecule has 1 aromatic heterocycles. The Bertz CT molecular complexity index is 961. The Labute approximate surface area is 208 Å². The first-order valence-corrected chi connectivity index (χ1v) is 11.0. The van der Waals surface area contributed by atoms with Crippen LogP contribution in [-0.2, 0) is 28.5 Å². The average Bonchev–Trinajstić information content (AvgIpc) is 3.46. The van der Waals surface area contributed by atoms with Gasteiger partial charge in [0.25, 0.3) is 5.91 Å². The summed E-state index contributed by atoms with van der Waals surface area (Å²) in [5.74, 6) is -3.00. The Balaban J connectivity index is 1.44. The second-order valence-corrected chi connectivity index (χ2v) is 8.39. The SMILES string of the molecule is C[C@H](NC(=O)COC1OC(CO)C(O)C(O)C1O)C(=O)OC[C@H]1O[C@@H](n2cnc(C(N)=O)n2)[C@H](O)[C@@H]1O. The van der Waals surface area contributed by atoms with Crippen LogP contribution in [0.4, 0.5) is 0 Å². The van der Waals surface area contributed by atoms with Crippen molar-refractivity contribution >= 4 is 17.8 Å². The summed E-state index contributed by atoms with van der Waals surface area (Å²) in [4.78, 5) is 39.2. The molecule has 208 valence electrons. The minimum Gasteiger partial charge on any atom is -0.461 e. The van der Waals surface area contributed by atoms with Crippen molar-refractivity contribution in [2.75, 3.05) is 19.8 Å². The van der Waals surface area contributed by atoms with Crippen molar-refractivity contribution in [3.05, 3.63) is 12.2 Å². The number of primary amides is 1. The maximum absolute atomic E-state index is 12.3. The Morgan fingerprint density at radius 2 is 1.76 bits per heavy atom. The van der Waals surface area contributed by atoms with E-state index in [1.54, 1.807) is 0 Å². The molecule has 5 unspecified atom stereocenters. The van der Waals surface area contributed by atoms with Gasteiger partial charge in [0.2, 0.25) is 11.7 Å². The normalized spacial score (nSPS) is 34.6. The molecule has 2 aliphatic rings. The van der Waals surface area contributed by atoms with Crippen LogP contribution in [0.5, 0.6) is 0 Å². The number of aromatic nitrogens is 3. The number of ether oxygens (including phenoxy) is 4. The number of aliphatic hydroxyl groups is 6. The largest absolute Gasteiger partial charge is 0.461 e. The smallest absolute Gasteiger partial charge is 0.328 e. The zero-order valence-electron chi connectivity index (χ0n) is 19.4. The number of nitrogens with two attached hydrogens (primary N) is 1. The fraction of sp³-hybridized carbons (Fsp3) is 0.737. The Morgan fingerprint density at radius 1 is 1.08 bits per heavy atom. The van der Waals surface area contributed by atoms with Gasteiger partial charge in [0.1, 0.15) is 68.3 Å². The first-order valence-electron chi connectivity index (χ1n) is 11.0. The summed E-state index contributed by atoms with van der Waals surface area (Å²) in [5, 5.41) is 65.0. The van der Waals surface area contributed by atoms with Crippen LogP contribution in [-0.4, -0.2) is 138 Å². The van der Waals surface area contributed by atoms with Crippen LogP contribution in [0.1, 0.15) is 23.8 Å². The third-order valence-electron chi connectivity index (χ3n) is 5.67. The van der Waals surface area contributed by atoms with Gasteiger partial charge in [-0.25, -0.2) is 14.5 Å². The lowest BCUT2D eigenvalue weighted by molar-refractivity contribution is -0.299. The summed E-state index contributed by atoms with van der Waals surface area (Å²) < 4.78 is 21.7.